The summed E-state index contributed by atoms with van der Waals surface area (Å²) in [5.74, 6) is 0. The van der Waals surface area contributed by atoms with Crippen LogP contribution in [0.25, 0.3) is 0 Å². The lowest BCUT2D eigenvalue weighted by atomic mass is 10.3. The van der Waals surface area contributed by atoms with E-state index in [1.54, 1.807) is 12.4 Å². The first-order chi connectivity index (χ1) is 5.84. The fourth-order valence-corrected chi connectivity index (χ4v) is 1.07. The zero-order chi connectivity index (χ0) is 8.39. The minimum Gasteiger partial charge on any atom is -0.455 e. The number of hydrogen-bond donors (Lipinski definition) is 0. The van der Waals surface area contributed by atoms with Gasteiger partial charge in [0.1, 0.15) is 6.10 Å². The molecule has 0 radical (unpaired) electrons. The van der Waals surface area contributed by atoms with Crippen LogP contribution in [0.4, 0.5) is 0 Å². The van der Waals surface area contributed by atoms with Crippen LogP contribution in [-0.4, -0.2) is 29.3 Å². The van der Waals surface area contributed by atoms with Crippen molar-refractivity contribution < 1.29 is 9.47 Å². The fourth-order valence-electron chi connectivity index (χ4n) is 0.792. The topological polar surface area (TPSA) is 44.2 Å². The van der Waals surface area contributed by atoms with E-state index in [0.717, 1.165) is 3.57 Å². The summed E-state index contributed by atoms with van der Waals surface area (Å²) in [6.45, 7) is 1.30. The van der Waals surface area contributed by atoms with Gasteiger partial charge in [0.15, 0.2) is 0 Å². The summed E-state index contributed by atoms with van der Waals surface area (Å²) in [6.07, 6.45) is 3.59. The van der Waals surface area contributed by atoms with E-state index >= 15 is 0 Å². The number of halogens is 1. The van der Waals surface area contributed by atoms with E-state index in [4.69, 9.17) is 9.47 Å². The Morgan fingerprint density at radius 2 is 2.08 bits per heavy atom. The summed E-state index contributed by atoms with van der Waals surface area (Å²) in [5.41, 5.74) is 0. The molecule has 64 valence electrons. The normalized spacial score (nSPS) is 17.1. The van der Waals surface area contributed by atoms with E-state index in [2.05, 4.69) is 32.6 Å². The molecule has 0 saturated carbocycles. The monoisotopic (exact) mass is 278 g/mol. The lowest BCUT2D eigenvalue weighted by Crippen LogP contribution is -2.38. The van der Waals surface area contributed by atoms with Gasteiger partial charge in [-0.2, -0.15) is 0 Å². The lowest BCUT2D eigenvalue weighted by molar-refractivity contribution is -0.0831. The molecular weight excluding hydrogens is 271 g/mol. The van der Waals surface area contributed by atoms with Gasteiger partial charge >= 0.3 is 6.01 Å². The van der Waals surface area contributed by atoms with Crippen molar-refractivity contribution in [3.8, 4) is 6.01 Å². The van der Waals surface area contributed by atoms with Crippen molar-refractivity contribution in [2.75, 3.05) is 13.2 Å². The summed E-state index contributed by atoms with van der Waals surface area (Å²) in [5, 5.41) is 0. The zero-order valence-corrected chi connectivity index (χ0v) is 8.39. The van der Waals surface area contributed by atoms with Crippen LogP contribution in [0.2, 0.25) is 0 Å². The highest BCUT2D eigenvalue weighted by atomic mass is 127. The highest BCUT2D eigenvalue weighted by Gasteiger charge is 2.20. The maximum absolute atomic E-state index is 5.35. The van der Waals surface area contributed by atoms with Gasteiger partial charge < -0.3 is 9.47 Å². The predicted molar refractivity (Wildman–Crippen MR) is 50.0 cm³/mol. The second-order valence-electron chi connectivity index (χ2n) is 2.46. The molecule has 0 spiro atoms. The van der Waals surface area contributed by atoms with Gasteiger partial charge in [-0.3, -0.25) is 0 Å². The quantitative estimate of drug-likeness (QED) is 0.753. The Bertz CT molecular complexity index is 261. The molecule has 0 aromatic carbocycles. The van der Waals surface area contributed by atoms with Crippen molar-refractivity contribution in [2.45, 2.75) is 6.10 Å². The maximum Gasteiger partial charge on any atom is 0.316 e. The first kappa shape index (κ1) is 8.18. The van der Waals surface area contributed by atoms with Gasteiger partial charge in [-0.25, -0.2) is 9.97 Å². The third kappa shape index (κ3) is 1.84. The number of nitrogens with zero attached hydrogens (tertiary/aromatic N) is 2. The Morgan fingerprint density at radius 1 is 1.42 bits per heavy atom. The molecule has 1 aliphatic rings. The first-order valence-electron chi connectivity index (χ1n) is 3.56. The third-order valence-electron chi connectivity index (χ3n) is 1.48. The zero-order valence-electron chi connectivity index (χ0n) is 6.24. The Kier molecular flexibility index (Phi) is 2.40. The van der Waals surface area contributed by atoms with Crippen molar-refractivity contribution in [1.82, 2.24) is 9.97 Å². The second kappa shape index (κ2) is 3.53. The maximum atomic E-state index is 5.35. The van der Waals surface area contributed by atoms with Crippen LogP contribution < -0.4 is 4.74 Å². The van der Waals surface area contributed by atoms with Crippen LogP contribution in [0.5, 0.6) is 6.01 Å². The van der Waals surface area contributed by atoms with Crippen LogP contribution in [0.15, 0.2) is 12.4 Å². The van der Waals surface area contributed by atoms with Gasteiger partial charge in [-0.05, 0) is 22.6 Å². The molecule has 1 aromatic heterocycles. The van der Waals surface area contributed by atoms with Gasteiger partial charge in [0.2, 0.25) is 0 Å². The summed E-state index contributed by atoms with van der Waals surface area (Å²) in [7, 11) is 0. The highest BCUT2D eigenvalue weighted by molar-refractivity contribution is 14.1. The van der Waals surface area contributed by atoms with Crippen molar-refractivity contribution >= 4 is 22.6 Å². The number of ether oxygens (including phenoxy) is 2. The van der Waals surface area contributed by atoms with Crippen molar-refractivity contribution in [3.05, 3.63) is 16.0 Å². The first-order valence-corrected chi connectivity index (χ1v) is 4.64. The molecule has 0 unspecified atom stereocenters. The average molecular weight is 278 g/mol. The summed E-state index contributed by atoms with van der Waals surface area (Å²) >= 11 is 2.15. The molecule has 1 saturated heterocycles. The molecule has 2 rings (SSSR count). The number of hydrogen-bond acceptors (Lipinski definition) is 4. The van der Waals surface area contributed by atoms with E-state index in [1.807, 2.05) is 0 Å². The lowest BCUT2D eigenvalue weighted by Gasteiger charge is -2.25. The summed E-state index contributed by atoms with van der Waals surface area (Å²) < 4.78 is 11.3. The molecule has 0 bridgehead atoms. The molecule has 5 heteroatoms. The smallest absolute Gasteiger partial charge is 0.316 e. The average Bonchev–Trinajstić information content (AvgIpc) is 2.00. The van der Waals surface area contributed by atoms with Crippen LogP contribution in [-0.2, 0) is 4.74 Å². The minimum atomic E-state index is 0.144. The van der Waals surface area contributed by atoms with Crippen LogP contribution in [0, 0.1) is 3.57 Å². The third-order valence-corrected chi connectivity index (χ3v) is 2.03. The van der Waals surface area contributed by atoms with Crippen molar-refractivity contribution in [1.29, 1.82) is 0 Å². The van der Waals surface area contributed by atoms with Gasteiger partial charge in [0.25, 0.3) is 0 Å². The van der Waals surface area contributed by atoms with E-state index in [-0.39, 0.29) is 6.10 Å². The van der Waals surface area contributed by atoms with Crippen molar-refractivity contribution in [3.63, 3.8) is 0 Å². The van der Waals surface area contributed by atoms with E-state index in [9.17, 15) is 0 Å². The standard InChI is InChI=1S/C7H7IN2O2/c8-5-1-9-7(10-2-5)12-6-3-11-4-6/h1-2,6H,3-4H2. The predicted octanol–water partition coefficient (Wildman–Crippen LogP) is 0.859. The number of rotatable bonds is 2. The Hall–Kier alpha value is -0.430. The molecule has 0 N–H and O–H groups in total. The number of aromatic nitrogens is 2. The highest BCUT2D eigenvalue weighted by Crippen LogP contribution is 2.10. The van der Waals surface area contributed by atoms with Gasteiger partial charge in [0.05, 0.1) is 13.2 Å². The van der Waals surface area contributed by atoms with E-state index in [1.165, 1.54) is 0 Å². The molecule has 0 amide bonds. The molecule has 2 heterocycles. The van der Waals surface area contributed by atoms with Gasteiger partial charge in [-0.1, -0.05) is 0 Å². The molecule has 4 nitrogen and oxygen atoms in total. The van der Waals surface area contributed by atoms with Gasteiger partial charge in [0, 0.05) is 16.0 Å². The van der Waals surface area contributed by atoms with Crippen molar-refractivity contribution in [2.24, 2.45) is 0 Å². The molecule has 0 atom stereocenters. The Labute approximate surface area is 83.4 Å². The molecule has 1 aromatic rings. The second-order valence-corrected chi connectivity index (χ2v) is 3.71. The largest absolute Gasteiger partial charge is 0.455 e. The molecule has 0 aliphatic carbocycles. The SMILES string of the molecule is Ic1cnc(OC2COC2)nc1. The van der Waals surface area contributed by atoms with E-state index in [0.29, 0.717) is 19.2 Å². The summed E-state index contributed by atoms with van der Waals surface area (Å²) in [6, 6.07) is 0.434. The van der Waals surface area contributed by atoms with Crippen LogP contribution >= 0.6 is 22.6 Å². The van der Waals surface area contributed by atoms with Crippen LogP contribution in [0.3, 0.4) is 0 Å². The molecule has 1 aliphatic heterocycles. The fraction of sp³-hybridized carbons (Fsp3) is 0.429. The molecular formula is C7H7IN2O2. The summed E-state index contributed by atoms with van der Waals surface area (Å²) in [4.78, 5) is 8.01. The molecule has 12 heavy (non-hydrogen) atoms. The van der Waals surface area contributed by atoms with Gasteiger partial charge in [-0.15, -0.1) is 0 Å². The minimum absolute atomic E-state index is 0.144. The van der Waals surface area contributed by atoms with Crippen LogP contribution in [0.1, 0.15) is 0 Å². The molecule has 1 fully saturated rings. The van der Waals surface area contributed by atoms with E-state index < -0.39 is 0 Å². The Balaban J connectivity index is 1.98. The Morgan fingerprint density at radius 3 is 2.58 bits per heavy atom.